The van der Waals surface area contributed by atoms with Crippen LogP contribution in [0.2, 0.25) is 5.02 Å². The van der Waals surface area contributed by atoms with Crippen molar-refractivity contribution in [3.8, 4) is 0 Å². The van der Waals surface area contributed by atoms with Crippen molar-refractivity contribution in [3.63, 3.8) is 0 Å². The third kappa shape index (κ3) is 3.34. The lowest BCUT2D eigenvalue weighted by atomic mass is 10.2. The van der Waals surface area contributed by atoms with E-state index >= 15 is 0 Å². The first-order chi connectivity index (χ1) is 8.66. The molecular weight excluding hydrogens is 274 g/mol. The van der Waals surface area contributed by atoms with E-state index in [4.69, 9.17) is 11.6 Å². The van der Waals surface area contributed by atoms with Gasteiger partial charge in [-0.25, -0.2) is 0 Å². The zero-order valence-electron chi connectivity index (χ0n) is 9.24. The molecule has 2 rings (SSSR count). The quantitative estimate of drug-likeness (QED) is 0.651. The van der Waals surface area contributed by atoms with Gasteiger partial charge in [0.05, 0.1) is 4.91 Å². The summed E-state index contributed by atoms with van der Waals surface area (Å²) in [6.45, 7) is 0. The molecule has 0 aliphatic heterocycles. The van der Waals surface area contributed by atoms with Gasteiger partial charge >= 0.3 is 0 Å². The Labute approximate surface area is 113 Å². The van der Waals surface area contributed by atoms with Gasteiger partial charge < -0.3 is 0 Å². The Kier molecular flexibility index (Phi) is 4.39. The van der Waals surface area contributed by atoms with E-state index in [1.54, 1.807) is 36.4 Å². The fourth-order valence-corrected chi connectivity index (χ4v) is 2.40. The van der Waals surface area contributed by atoms with Crippen LogP contribution in [0.5, 0.6) is 0 Å². The van der Waals surface area contributed by atoms with Gasteiger partial charge in [-0.05, 0) is 29.8 Å². The topological polar surface area (TPSA) is 0 Å². The smallest absolute Gasteiger partial charge is 0.172 e. The molecule has 4 heteroatoms. The molecule has 0 fully saturated rings. The van der Waals surface area contributed by atoms with Crippen LogP contribution in [0, 0.1) is 0 Å². The SMILES string of the molecule is FC(F)=C(Sc1ccccc1)c1ccc(Cl)cc1. The van der Waals surface area contributed by atoms with Crippen LogP contribution in [0.3, 0.4) is 0 Å². The molecular formula is C14H9ClF2S. The van der Waals surface area contributed by atoms with Crippen LogP contribution in [-0.2, 0) is 0 Å². The molecule has 92 valence electrons. The molecule has 0 unspecified atom stereocenters. The van der Waals surface area contributed by atoms with Crippen molar-refractivity contribution < 1.29 is 8.78 Å². The summed E-state index contributed by atoms with van der Waals surface area (Å²) < 4.78 is 26.0. The first kappa shape index (κ1) is 13.1. The van der Waals surface area contributed by atoms with Crippen LogP contribution < -0.4 is 0 Å². The van der Waals surface area contributed by atoms with Gasteiger partial charge in [-0.2, -0.15) is 8.78 Å². The van der Waals surface area contributed by atoms with E-state index in [0.29, 0.717) is 10.6 Å². The van der Waals surface area contributed by atoms with Crippen molar-refractivity contribution in [1.82, 2.24) is 0 Å². The van der Waals surface area contributed by atoms with Gasteiger partial charge in [0.1, 0.15) is 0 Å². The molecule has 0 nitrogen and oxygen atoms in total. The molecule has 0 bridgehead atoms. The van der Waals surface area contributed by atoms with Crippen molar-refractivity contribution in [3.05, 3.63) is 71.3 Å². The molecule has 18 heavy (non-hydrogen) atoms. The Morgan fingerprint density at radius 3 is 2.06 bits per heavy atom. The van der Waals surface area contributed by atoms with E-state index in [0.717, 1.165) is 16.7 Å². The first-order valence-electron chi connectivity index (χ1n) is 5.21. The Morgan fingerprint density at radius 2 is 1.50 bits per heavy atom. The highest BCUT2D eigenvalue weighted by molar-refractivity contribution is 8.08. The predicted molar refractivity (Wildman–Crippen MR) is 72.9 cm³/mol. The molecule has 0 aromatic heterocycles. The second-order valence-electron chi connectivity index (χ2n) is 3.51. The van der Waals surface area contributed by atoms with Crippen LogP contribution in [0.1, 0.15) is 5.56 Å². The number of hydrogen-bond donors (Lipinski definition) is 0. The van der Waals surface area contributed by atoms with Gasteiger partial charge in [0, 0.05) is 9.92 Å². The molecule has 0 aliphatic rings. The van der Waals surface area contributed by atoms with Crippen molar-refractivity contribution in [2.45, 2.75) is 4.90 Å². The minimum Gasteiger partial charge on any atom is -0.172 e. The van der Waals surface area contributed by atoms with Gasteiger partial charge in [-0.15, -0.1) is 0 Å². The van der Waals surface area contributed by atoms with Crippen LogP contribution in [0.4, 0.5) is 8.78 Å². The lowest BCUT2D eigenvalue weighted by molar-refractivity contribution is 0.428. The zero-order chi connectivity index (χ0) is 13.0. The molecule has 2 aromatic carbocycles. The third-order valence-corrected chi connectivity index (χ3v) is 3.60. The lowest BCUT2D eigenvalue weighted by Gasteiger charge is -2.06. The highest BCUT2D eigenvalue weighted by Gasteiger charge is 2.11. The molecule has 0 radical (unpaired) electrons. The molecule has 0 heterocycles. The van der Waals surface area contributed by atoms with Crippen molar-refractivity contribution in [1.29, 1.82) is 0 Å². The molecule has 0 saturated heterocycles. The van der Waals surface area contributed by atoms with E-state index in [2.05, 4.69) is 0 Å². The fraction of sp³-hybridized carbons (Fsp3) is 0. The van der Waals surface area contributed by atoms with Crippen molar-refractivity contribution >= 4 is 28.3 Å². The summed E-state index contributed by atoms with van der Waals surface area (Å²) >= 11 is 6.79. The number of rotatable bonds is 3. The summed E-state index contributed by atoms with van der Waals surface area (Å²) in [4.78, 5) is 0.730. The Bertz CT molecular complexity index is 546. The van der Waals surface area contributed by atoms with Gasteiger partial charge in [0.25, 0.3) is 6.08 Å². The second-order valence-corrected chi connectivity index (χ2v) is 5.03. The van der Waals surface area contributed by atoms with Crippen LogP contribution >= 0.6 is 23.4 Å². The summed E-state index contributed by atoms with van der Waals surface area (Å²) in [5.74, 6) is 0. The summed E-state index contributed by atoms with van der Waals surface area (Å²) in [7, 11) is 0. The summed E-state index contributed by atoms with van der Waals surface area (Å²) in [5, 5.41) is 0.530. The summed E-state index contributed by atoms with van der Waals surface area (Å²) in [6.07, 6.45) is -1.69. The average Bonchev–Trinajstić information content (AvgIpc) is 2.38. The maximum Gasteiger partial charge on any atom is 0.284 e. The normalized spacial score (nSPS) is 10.2. The number of benzene rings is 2. The van der Waals surface area contributed by atoms with Crippen molar-refractivity contribution in [2.24, 2.45) is 0 Å². The molecule has 0 amide bonds. The maximum absolute atomic E-state index is 13.0. The molecule has 0 atom stereocenters. The lowest BCUT2D eigenvalue weighted by Crippen LogP contribution is -1.82. The Hall–Kier alpha value is -1.32. The zero-order valence-corrected chi connectivity index (χ0v) is 10.8. The first-order valence-corrected chi connectivity index (χ1v) is 6.40. The van der Waals surface area contributed by atoms with Gasteiger partial charge in [0.2, 0.25) is 0 Å². The highest BCUT2D eigenvalue weighted by atomic mass is 35.5. The number of thioether (sulfide) groups is 1. The van der Waals surface area contributed by atoms with Crippen LogP contribution in [0.25, 0.3) is 4.91 Å². The van der Waals surface area contributed by atoms with E-state index in [1.165, 1.54) is 0 Å². The monoisotopic (exact) mass is 282 g/mol. The average molecular weight is 283 g/mol. The summed E-state index contributed by atoms with van der Waals surface area (Å²) in [5.41, 5.74) is 0.466. The maximum atomic E-state index is 13.0. The second kappa shape index (κ2) is 6.03. The number of halogens is 3. The minimum absolute atomic E-state index is 0.0436. The van der Waals surface area contributed by atoms with E-state index in [1.807, 2.05) is 18.2 Å². The molecule has 0 N–H and O–H groups in total. The molecule has 0 spiro atoms. The standard InChI is InChI=1S/C14H9ClF2S/c15-11-8-6-10(7-9-11)13(14(16)17)18-12-4-2-1-3-5-12/h1-9H. The third-order valence-electron chi connectivity index (χ3n) is 2.24. The predicted octanol–water partition coefficient (Wildman–Crippen LogP) is 5.70. The minimum atomic E-state index is -1.69. The van der Waals surface area contributed by atoms with Crippen LogP contribution in [-0.4, -0.2) is 0 Å². The number of hydrogen-bond acceptors (Lipinski definition) is 1. The Balaban J connectivity index is 2.31. The van der Waals surface area contributed by atoms with E-state index in [-0.39, 0.29) is 4.91 Å². The fourth-order valence-electron chi connectivity index (χ4n) is 1.41. The van der Waals surface area contributed by atoms with Gasteiger partial charge in [-0.3, -0.25) is 0 Å². The van der Waals surface area contributed by atoms with E-state index in [9.17, 15) is 8.78 Å². The van der Waals surface area contributed by atoms with Crippen LogP contribution in [0.15, 0.2) is 65.6 Å². The summed E-state index contributed by atoms with van der Waals surface area (Å²) in [6, 6.07) is 15.5. The molecule has 0 aliphatic carbocycles. The van der Waals surface area contributed by atoms with Gasteiger partial charge in [0.15, 0.2) is 0 Å². The molecule has 2 aromatic rings. The largest absolute Gasteiger partial charge is 0.284 e. The van der Waals surface area contributed by atoms with Gasteiger partial charge in [-0.1, -0.05) is 53.7 Å². The van der Waals surface area contributed by atoms with Crippen molar-refractivity contribution in [2.75, 3.05) is 0 Å². The highest BCUT2D eigenvalue weighted by Crippen LogP contribution is 2.37. The Morgan fingerprint density at radius 1 is 0.889 bits per heavy atom. The molecule has 0 saturated carbocycles. The van der Waals surface area contributed by atoms with E-state index < -0.39 is 6.08 Å².